The first-order chi connectivity index (χ1) is 12.7. The molecule has 1 aliphatic rings. The minimum Gasteiger partial charge on any atom is -0.462 e. The normalized spacial score (nSPS) is 19.1. The molecule has 0 radical (unpaired) electrons. The van der Waals surface area contributed by atoms with Gasteiger partial charge in [-0.05, 0) is 6.42 Å². The van der Waals surface area contributed by atoms with Gasteiger partial charge in [0.15, 0.2) is 0 Å². The van der Waals surface area contributed by atoms with E-state index in [-0.39, 0.29) is 42.6 Å². The Morgan fingerprint density at radius 1 is 1.33 bits per heavy atom. The molecule has 0 bridgehead atoms. The Bertz CT molecular complexity index is 565. The average molecular weight is 407 g/mol. The number of hydrogen-bond donors (Lipinski definition) is 6. The number of thiol groups is 1. The maximum atomic E-state index is 11.8. The van der Waals surface area contributed by atoms with Crippen LogP contribution in [-0.2, 0) is 19.1 Å². The van der Waals surface area contributed by atoms with Gasteiger partial charge in [-0.15, -0.1) is 0 Å². The van der Waals surface area contributed by atoms with Gasteiger partial charge in [-0.2, -0.15) is 11.4 Å². The van der Waals surface area contributed by atoms with E-state index < -0.39 is 17.4 Å². The molecule has 1 fully saturated rings. The average Bonchev–Trinajstić information content (AvgIpc) is 3.02. The highest BCUT2D eigenvalue weighted by Gasteiger charge is 2.32. The van der Waals surface area contributed by atoms with E-state index in [1.165, 1.54) is 0 Å². The highest BCUT2D eigenvalue weighted by Crippen LogP contribution is 2.19. The number of esters is 1. The van der Waals surface area contributed by atoms with E-state index in [9.17, 15) is 24.6 Å². The number of rotatable bonds is 11. The van der Waals surface area contributed by atoms with Gasteiger partial charge in [0, 0.05) is 43.5 Å². The molecule has 27 heavy (non-hydrogen) atoms. The van der Waals surface area contributed by atoms with E-state index in [1.807, 2.05) is 0 Å². The Balaban J connectivity index is 2.16. The minimum absolute atomic E-state index is 0.0582. The molecule has 1 aliphatic heterocycles. The third-order valence-electron chi connectivity index (χ3n) is 4.15. The molecule has 1 unspecified atom stereocenters. The van der Waals surface area contributed by atoms with Gasteiger partial charge in [0.25, 0.3) is 0 Å². The van der Waals surface area contributed by atoms with Crippen molar-refractivity contribution < 1.29 is 34.4 Å². The summed E-state index contributed by atoms with van der Waals surface area (Å²) in [5, 5.41) is 34.1. The highest BCUT2D eigenvalue weighted by atomic mass is 32.1. The van der Waals surface area contributed by atoms with Crippen LogP contribution in [0.25, 0.3) is 0 Å². The van der Waals surface area contributed by atoms with Gasteiger partial charge in [-0.1, -0.05) is 13.8 Å². The van der Waals surface area contributed by atoms with Crippen LogP contribution in [0.5, 0.6) is 0 Å². The molecule has 0 aromatic rings. The van der Waals surface area contributed by atoms with Gasteiger partial charge >= 0.3 is 5.97 Å². The summed E-state index contributed by atoms with van der Waals surface area (Å²) in [6.07, 6.45) is -0.236. The molecule has 0 aromatic carbocycles. The third kappa shape index (κ3) is 8.83. The van der Waals surface area contributed by atoms with Crippen molar-refractivity contribution in [2.75, 3.05) is 25.4 Å². The SMILES string of the molecule is CC(C)(CO)[C@@H](O)C(=O)NCCC(=O)NCC[SH]=C(O)CC1CCC(=O)O1. The summed E-state index contributed by atoms with van der Waals surface area (Å²) in [5.74, 6) is -0.608. The lowest BCUT2D eigenvalue weighted by atomic mass is 9.87. The monoisotopic (exact) mass is 406 g/mol. The van der Waals surface area contributed by atoms with Crippen LogP contribution < -0.4 is 10.6 Å². The quantitative estimate of drug-likeness (QED) is 0.114. The first-order valence-corrected chi connectivity index (χ1v) is 9.98. The first-order valence-electron chi connectivity index (χ1n) is 8.91. The maximum absolute atomic E-state index is 11.8. The molecular weight excluding hydrogens is 376 g/mol. The number of nitrogens with one attached hydrogen (secondary N) is 2. The lowest BCUT2D eigenvalue weighted by molar-refractivity contribution is -0.141. The first kappa shape index (κ1) is 23.5. The largest absolute Gasteiger partial charge is 0.462 e. The molecule has 1 heterocycles. The fourth-order valence-electron chi connectivity index (χ4n) is 2.30. The van der Waals surface area contributed by atoms with Crippen LogP contribution in [0.4, 0.5) is 0 Å². The zero-order chi connectivity index (χ0) is 20.4. The van der Waals surface area contributed by atoms with Crippen molar-refractivity contribution in [3.63, 3.8) is 0 Å². The topological polar surface area (TPSA) is 145 Å². The van der Waals surface area contributed by atoms with E-state index in [2.05, 4.69) is 10.6 Å². The molecular formula is C17H30N2O7S. The number of carbonyl (C=O) groups excluding carboxylic acids is 3. The lowest BCUT2D eigenvalue weighted by Gasteiger charge is -2.27. The van der Waals surface area contributed by atoms with Crippen molar-refractivity contribution in [1.82, 2.24) is 10.6 Å². The van der Waals surface area contributed by atoms with Gasteiger partial charge in [-0.3, -0.25) is 14.4 Å². The summed E-state index contributed by atoms with van der Waals surface area (Å²) in [6.45, 7) is 3.22. The van der Waals surface area contributed by atoms with Crippen molar-refractivity contribution in [3.8, 4) is 0 Å². The van der Waals surface area contributed by atoms with Crippen LogP contribution in [0.2, 0.25) is 0 Å². The van der Waals surface area contributed by atoms with Gasteiger partial charge in [0.2, 0.25) is 11.8 Å². The van der Waals surface area contributed by atoms with E-state index >= 15 is 0 Å². The van der Waals surface area contributed by atoms with Crippen LogP contribution >= 0.6 is 11.4 Å². The Morgan fingerprint density at radius 2 is 2.04 bits per heavy atom. The van der Waals surface area contributed by atoms with E-state index in [1.54, 1.807) is 13.8 Å². The van der Waals surface area contributed by atoms with E-state index in [4.69, 9.17) is 9.84 Å². The van der Waals surface area contributed by atoms with Crippen molar-refractivity contribution in [2.45, 2.75) is 51.7 Å². The van der Waals surface area contributed by atoms with Crippen LogP contribution in [-0.4, -0.2) is 75.8 Å². The predicted molar refractivity (Wildman–Crippen MR) is 103 cm³/mol. The van der Waals surface area contributed by atoms with Gasteiger partial charge in [0.05, 0.1) is 11.7 Å². The predicted octanol–water partition coefficient (Wildman–Crippen LogP) is -0.763. The zero-order valence-corrected chi connectivity index (χ0v) is 16.6. The molecule has 1 saturated heterocycles. The second kappa shape index (κ2) is 11.4. The molecule has 2 amide bonds. The maximum Gasteiger partial charge on any atom is 0.306 e. The lowest BCUT2D eigenvalue weighted by Crippen LogP contribution is -2.46. The number of amides is 2. The van der Waals surface area contributed by atoms with Crippen molar-refractivity contribution in [2.24, 2.45) is 5.41 Å². The Morgan fingerprint density at radius 3 is 2.63 bits per heavy atom. The molecule has 0 saturated carbocycles. The Hall–Kier alpha value is -1.49. The molecule has 1 rings (SSSR count). The summed E-state index contributed by atoms with van der Waals surface area (Å²) in [7, 11) is 0. The summed E-state index contributed by atoms with van der Waals surface area (Å²) < 4.78 is 5.02. The number of carbonyl (C=O) groups is 3. The van der Waals surface area contributed by atoms with Gasteiger partial charge in [0.1, 0.15) is 12.2 Å². The fraction of sp³-hybridized carbons (Fsp3) is 0.765. The minimum atomic E-state index is -1.36. The summed E-state index contributed by atoms with van der Waals surface area (Å²) in [4.78, 5) is 34.5. The molecule has 5 N–H and O–H groups in total. The van der Waals surface area contributed by atoms with Crippen molar-refractivity contribution in [1.29, 1.82) is 0 Å². The van der Waals surface area contributed by atoms with E-state index in [0.717, 1.165) is 0 Å². The molecule has 0 spiro atoms. The molecule has 9 nitrogen and oxygen atoms in total. The Kier molecular flexibility index (Phi) is 9.92. The molecule has 156 valence electrons. The van der Waals surface area contributed by atoms with Crippen LogP contribution in [0.1, 0.15) is 39.5 Å². The van der Waals surface area contributed by atoms with Crippen molar-refractivity contribution in [3.05, 3.63) is 0 Å². The second-order valence-electron chi connectivity index (χ2n) is 7.09. The number of aliphatic hydroxyl groups excluding tert-OH is 3. The molecule has 2 atom stereocenters. The van der Waals surface area contributed by atoms with Gasteiger partial charge < -0.3 is 30.7 Å². The zero-order valence-electron chi connectivity index (χ0n) is 15.7. The highest BCUT2D eigenvalue weighted by molar-refractivity contribution is 7.98. The summed E-state index contributed by atoms with van der Waals surface area (Å²) >= 11 is 0.668. The van der Waals surface area contributed by atoms with Crippen LogP contribution in [0, 0.1) is 5.41 Å². The molecule has 10 heteroatoms. The standard InChI is InChI=1S/C17H30N2O7S/c1-17(2,10-20)15(24)16(25)19-6-5-12(21)18-7-8-27-14(23)9-11-3-4-13(22)26-11/h11,15,20,23-24,27H,3-10H2,1-2H3,(H,18,21)(H,19,25)/t11?,15-/m0/s1. The summed E-state index contributed by atoms with van der Waals surface area (Å²) in [5.41, 5.74) is -0.958. The second-order valence-corrected chi connectivity index (χ2v) is 8.37. The number of aliphatic hydroxyl groups is 3. The Labute approximate surface area is 162 Å². The molecule has 0 aromatic heterocycles. The molecule has 0 aliphatic carbocycles. The van der Waals surface area contributed by atoms with Crippen molar-refractivity contribution >= 4 is 34.2 Å². The smallest absolute Gasteiger partial charge is 0.306 e. The number of ether oxygens (including phenoxy) is 1. The van der Waals surface area contributed by atoms with Gasteiger partial charge in [-0.25, -0.2) is 0 Å². The fourth-order valence-corrected chi connectivity index (χ4v) is 3.11. The van der Waals surface area contributed by atoms with Crippen LogP contribution in [0.15, 0.2) is 0 Å². The summed E-state index contributed by atoms with van der Waals surface area (Å²) in [6, 6.07) is 0. The third-order valence-corrected chi connectivity index (χ3v) is 5.15. The van der Waals surface area contributed by atoms with Crippen LogP contribution in [0.3, 0.4) is 0 Å². The number of hydrogen-bond acceptors (Lipinski definition) is 6. The number of cyclic esters (lactones) is 1. The van der Waals surface area contributed by atoms with E-state index in [0.29, 0.717) is 42.9 Å².